The average Bonchev–Trinajstić information content (AvgIpc) is 2.65. The SMILES string of the molecule is CC(=O)NCCc1cccc2c1OCC2. The van der Waals surface area contributed by atoms with Crippen LogP contribution in [-0.2, 0) is 17.6 Å². The minimum atomic E-state index is 0.0171. The minimum Gasteiger partial charge on any atom is -0.493 e. The lowest BCUT2D eigenvalue weighted by molar-refractivity contribution is -0.118. The average molecular weight is 205 g/mol. The highest BCUT2D eigenvalue weighted by molar-refractivity contribution is 5.72. The molecule has 15 heavy (non-hydrogen) atoms. The summed E-state index contributed by atoms with van der Waals surface area (Å²) in [6.45, 7) is 2.99. The standard InChI is InChI=1S/C12H15NO2/c1-9(14)13-7-5-10-3-2-4-11-6-8-15-12(10)11/h2-4H,5-8H2,1H3,(H,13,14). The first kappa shape index (κ1) is 10.0. The molecule has 0 saturated carbocycles. The van der Waals surface area contributed by atoms with E-state index in [1.165, 1.54) is 18.1 Å². The summed E-state index contributed by atoms with van der Waals surface area (Å²) >= 11 is 0. The molecule has 1 N–H and O–H groups in total. The fourth-order valence-electron chi connectivity index (χ4n) is 1.85. The molecule has 3 heteroatoms. The van der Waals surface area contributed by atoms with E-state index >= 15 is 0 Å². The van der Waals surface area contributed by atoms with E-state index in [0.717, 1.165) is 25.2 Å². The van der Waals surface area contributed by atoms with E-state index in [-0.39, 0.29) is 5.91 Å². The number of benzene rings is 1. The lowest BCUT2D eigenvalue weighted by Crippen LogP contribution is -2.22. The first-order chi connectivity index (χ1) is 7.27. The number of para-hydroxylation sites is 1. The van der Waals surface area contributed by atoms with Crippen LogP contribution >= 0.6 is 0 Å². The molecule has 0 spiro atoms. The molecular weight excluding hydrogens is 190 g/mol. The summed E-state index contributed by atoms with van der Waals surface area (Å²) < 4.78 is 5.57. The molecule has 0 aliphatic carbocycles. The van der Waals surface area contributed by atoms with Crippen LogP contribution in [0, 0.1) is 0 Å². The Balaban J connectivity index is 2.02. The van der Waals surface area contributed by atoms with Gasteiger partial charge in [0, 0.05) is 19.9 Å². The Labute approximate surface area is 89.4 Å². The third-order valence-electron chi connectivity index (χ3n) is 2.56. The van der Waals surface area contributed by atoms with Crippen LogP contribution in [0.1, 0.15) is 18.1 Å². The Morgan fingerprint density at radius 2 is 2.40 bits per heavy atom. The van der Waals surface area contributed by atoms with Crippen molar-refractivity contribution < 1.29 is 9.53 Å². The van der Waals surface area contributed by atoms with Gasteiger partial charge in [-0.15, -0.1) is 0 Å². The molecule has 0 fully saturated rings. The van der Waals surface area contributed by atoms with Gasteiger partial charge in [0.1, 0.15) is 5.75 Å². The molecule has 80 valence electrons. The number of hydrogen-bond acceptors (Lipinski definition) is 2. The number of nitrogens with one attached hydrogen (secondary N) is 1. The van der Waals surface area contributed by atoms with Crippen LogP contribution in [0.15, 0.2) is 18.2 Å². The van der Waals surface area contributed by atoms with E-state index in [4.69, 9.17) is 4.74 Å². The van der Waals surface area contributed by atoms with Crippen molar-refractivity contribution in [3.8, 4) is 5.75 Å². The van der Waals surface area contributed by atoms with Crippen LogP contribution in [0.3, 0.4) is 0 Å². The maximum absolute atomic E-state index is 10.7. The van der Waals surface area contributed by atoms with E-state index in [1.807, 2.05) is 0 Å². The molecule has 2 rings (SSSR count). The summed E-state index contributed by atoms with van der Waals surface area (Å²) in [5.74, 6) is 1.05. The molecule has 0 atom stereocenters. The lowest BCUT2D eigenvalue weighted by Gasteiger charge is -2.07. The lowest BCUT2D eigenvalue weighted by atomic mass is 10.1. The second-order valence-electron chi connectivity index (χ2n) is 3.74. The molecule has 1 aliphatic rings. The Bertz CT molecular complexity index is 374. The first-order valence-corrected chi connectivity index (χ1v) is 5.25. The fraction of sp³-hybridized carbons (Fsp3) is 0.417. The first-order valence-electron chi connectivity index (χ1n) is 5.25. The molecule has 0 radical (unpaired) electrons. The Kier molecular flexibility index (Phi) is 2.90. The molecule has 1 amide bonds. The van der Waals surface area contributed by atoms with Crippen molar-refractivity contribution in [1.29, 1.82) is 0 Å². The maximum atomic E-state index is 10.7. The van der Waals surface area contributed by atoms with E-state index in [9.17, 15) is 4.79 Å². The van der Waals surface area contributed by atoms with Crippen molar-refractivity contribution in [3.05, 3.63) is 29.3 Å². The number of ether oxygens (including phenoxy) is 1. The van der Waals surface area contributed by atoms with Gasteiger partial charge in [0.2, 0.25) is 5.91 Å². The molecule has 0 bridgehead atoms. The zero-order valence-electron chi connectivity index (χ0n) is 8.88. The molecule has 1 aromatic rings. The van der Waals surface area contributed by atoms with E-state index in [2.05, 4.69) is 23.5 Å². The van der Waals surface area contributed by atoms with Crippen LogP contribution in [0.5, 0.6) is 5.75 Å². The Morgan fingerprint density at radius 3 is 3.20 bits per heavy atom. The molecule has 1 heterocycles. The van der Waals surface area contributed by atoms with Crippen LogP contribution in [0.2, 0.25) is 0 Å². The highest BCUT2D eigenvalue weighted by Crippen LogP contribution is 2.29. The summed E-state index contributed by atoms with van der Waals surface area (Å²) in [4.78, 5) is 10.7. The van der Waals surface area contributed by atoms with Gasteiger partial charge < -0.3 is 10.1 Å². The van der Waals surface area contributed by atoms with Gasteiger partial charge in [-0.2, -0.15) is 0 Å². The van der Waals surface area contributed by atoms with Gasteiger partial charge in [0.05, 0.1) is 6.61 Å². The van der Waals surface area contributed by atoms with E-state index < -0.39 is 0 Å². The van der Waals surface area contributed by atoms with Crippen LogP contribution in [0.4, 0.5) is 0 Å². The maximum Gasteiger partial charge on any atom is 0.216 e. The van der Waals surface area contributed by atoms with Crippen molar-refractivity contribution in [3.63, 3.8) is 0 Å². The zero-order chi connectivity index (χ0) is 10.7. The van der Waals surface area contributed by atoms with Crippen molar-refractivity contribution in [1.82, 2.24) is 5.32 Å². The summed E-state index contributed by atoms with van der Waals surface area (Å²) in [7, 11) is 0. The number of carbonyl (C=O) groups excluding carboxylic acids is 1. The molecule has 0 unspecified atom stereocenters. The third-order valence-corrected chi connectivity index (χ3v) is 2.56. The van der Waals surface area contributed by atoms with E-state index in [0.29, 0.717) is 6.54 Å². The summed E-state index contributed by atoms with van der Waals surface area (Å²) in [5, 5.41) is 2.79. The van der Waals surface area contributed by atoms with Crippen molar-refractivity contribution in [2.45, 2.75) is 19.8 Å². The van der Waals surface area contributed by atoms with E-state index in [1.54, 1.807) is 0 Å². The zero-order valence-corrected chi connectivity index (χ0v) is 8.88. The molecule has 1 aliphatic heterocycles. The van der Waals surface area contributed by atoms with Crippen molar-refractivity contribution >= 4 is 5.91 Å². The highest BCUT2D eigenvalue weighted by Gasteiger charge is 2.15. The summed E-state index contributed by atoms with van der Waals surface area (Å²) in [6, 6.07) is 6.22. The Hall–Kier alpha value is -1.51. The minimum absolute atomic E-state index is 0.0171. The number of hydrogen-bond donors (Lipinski definition) is 1. The largest absolute Gasteiger partial charge is 0.493 e. The second kappa shape index (κ2) is 4.34. The summed E-state index contributed by atoms with van der Waals surface area (Å²) in [6.07, 6.45) is 1.84. The molecule has 1 aromatic carbocycles. The highest BCUT2D eigenvalue weighted by atomic mass is 16.5. The molecule has 3 nitrogen and oxygen atoms in total. The number of amides is 1. The number of rotatable bonds is 3. The van der Waals surface area contributed by atoms with Gasteiger partial charge in [-0.1, -0.05) is 18.2 Å². The van der Waals surface area contributed by atoms with Crippen LogP contribution in [0.25, 0.3) is 0 Å². The predicted octanol–water partition coefficient (Wildman–Crippen LogP) is 1.30. The number of carbonyl (C=O) groups is 1. The quantitative estimate of drug-likeness (QED) is 0.807. The van der Waals surface area contributed by atoms with Gasteiger partial charge in [-0.3, -0.25) is 4.79 Å². The van der Waals surface area contributed by atoms with Gasteiger partial charge in [-0.05, 0) is 17.5 Å². The van der Waals surface area contributed by atoms with Crippen molar-refractivity contribution in [2.75, 3.05) is 13.2 Å². The monoisotopic (exact) mass is 205 g/mol. The normalized spacial score (nSPS) is 13.1. The van der Waals surface area contributed by atoms with Gasteiger partial charge in [-0.25, -0.2) is 0 Å². The second-order valence-corrected chi connectivity index (χ2v) is 3.74. The third kappa shape index (κ3) is 2.29. The van der Waals surface area contributed by atoms with Gasteiger partial charge in [0.25, 0.3) is 0 Å². The number of fused-ring (bicyclic) bond motifs is 1. The van der Waals surface area contributed by atoms with Gasteiger partial charge >= 0.3 is 0 Å². The topological polar surface area (TPSA) is 38.3 Å². The van der Waals surface area contributed by atoms with Crippen LogP contribution in [-0.4, -0.2) is 19.1 Å². The predicted molar refractivity (Wildman–Crippen MR) is 58.0 cm³/mol. The van der Waals surface area contributed by atoms with Crippen molar-refractivity contribution in [2.24, 2.45) is 0 Å². The smallest absolute Gasteiger partial charge is 0.216 e. The Morgan fingerprint density at radius 1 is 1.53 bits per heavy atom. The molecular formula is C12H15NO2. The van der Waals surface area contributed by atoms with Gasteiger partial charge in [0.15, 0.2) is 0 Å². The summed E-state index contributed by atoms with van der Waals surface area (Å²) in [5.41, 5.74) is 2.48. The molecule has 0 saturated heterocycles. The molecule has 0 aromatic heterocycles. The van der Waals surface area contributed by atoms with Crippen LogP contribution < -0.4 is 10.1 Å². The fourth-order valence-corrected chi connectivity index (χ4v) is 1.85.